The summed E-state index contributed by atoms with van der Waals surface area (Å²) >= 11 is 0. The van der Waals surface area contributed by atoms with Gasteiger partial charge in [0.2, 0.25) is 0 Å². The van der Waals surface area contributed by atoms with Crippen LogP contribution < -0.4 is 0 Å². The maximum atomic E-state index is 12.9. The van der Waals surface area contributed by atoms with Crippen LogP contribution in [0, 0.1) is 17.7 Å². The van der Waals surface area contributed by atoms with Gasteiger partial charge in [0.05, 0.1) is 24.6 Å². The predicted molar refractivity (Wildman–Crippen MR) is 79.4 cm³/mol. The molecule has 118 valence electrons. The van der Waals surface area contributed by atoms with Gasteiger partial charge in [0, 0.05) is 26.1 Å². The van der Waals surface area contributed by atoms with E-state index >= 15 is 0 Å². The molecule has 1 fully saturated rings. The van der Waals surface area contributed by atoms with Gasteiger partial charge in [-0.2, -0.15) is 0 Å². The Bertz CT molecular complexity index is 425. The van der Waals surface area contributed by atoms with E-state index in [9.17, 15) is 9.50 Å². The van der Waals surface area contributed by atoms with Gasteiger partial charge in [-0.1, -0.05) is 6.92 Å². The standard InChI is InChI=1S/C16H25FN2O2/c1-12(16(20)15-6-5-14(17)8-18-15)9-19-7-3-4-13(10-19)11-21-2/h5-6,8,12-13,16,20H,3-4,7,9-11H2,1-2H3. The van der Waals surface area contributed by atoms with Gasteiger partial charge in [0.25, 0.3) is 0 Å². The fraction of sp³-hybridized carbons (Fsp3) is 0.688. The molecule has 1 aliphatic rings. The summed E-state index contributed by atoms with van der Waals surface area (Å²) in [5.74, 6) is 0.262. The highest BCUT2D eigenvalue weighted by Gasteiger charge is 2.24. The van der Waals surface area contributed by atoms with Crippen LogP contribution in [0.2, 0.25) is 0 Å². The number of piperidine rings is 1. The molecule has 2 heterocycles. The normalized spacial score (nSPS) is 23.0. The number of aliphatic hydroxyl groups excluding tert-OH is 1. The van der Waals surface area contributed by atoms with Crippen molar-refractivity contribution < 1.29 is 14.2 Å². The molecule has 0 amide bonds. The topological polar surface area (TPSA) is 45.6 Å². The van der Waals surface area contributed by atoms with Crippen molar-refractivity contribution >= 4 is 0 Å². The molecule has 1 aromatic heterocycles. The number of ether oxygens (including phenoxy) is 1. The van der Waals surface area contributed by atoms with Crippen LogP contribution in [0.15, 0.2) is 18.3 Å². The highest BCUT2D eigenvalue weighted by atomic mass is 19.1. The van der Waals surface area contributed by atoms with Crippen molar-refractivity contribution in [3.8, 4) is 0 Å². The summed E-state index contributed by atoms with van der Waals surface area (Å²) in [5, 5.41) is 10.3. The first kappa shape index (κ1) is 16.3. The highest BCUT2D eigenvalue weighted by Crippen LogP contribution is 2.24. The Morgan fingerprint density at radius 3 is 3.00 bits per heavy atom. The molecular weight excluding hydrogens is 271 g/mol. The minimum Gasteiger partial charge on any atom is -0.386 e. The molecule has 0 aromatic carbocycles. The van der Waals surface area contributed by atoms with Crippen LogP contribution in [0.1, 0.15) is 31.6 Å². The first-order valence-corrected chi connectivity index (χ1v) is 7.61. The fourth-order valence-electron chi connectivity index (χ4n) is 3.05. The summed E-state index contributed by atoms with van der Waals surface area (Å²) in [5.41, 5.74) is 0.536. The molecule has 3 atom stereocenters. The number of nitrogens with zero attached hydrogens (tertiary/aromatic N) is 2. The lowest BCUT2D eigenvalue weighted by Gasteiger charge is -2.34. The quantitative estimate of drug-likeness (QED) is 0.874. The molecule has 1 aromatic rings. The highest BCUT2D eigenvalue weighted by molar-refractivity contribution is 5.08. The molecule has 21 heavy (non-hydrogen) atoms. The predicted octanol–water partition coefficient (Wildman–Crippen LogP) is 2.25. The lowest BCUT2D eigenvalue weighted by molar-refractivity contribution is 0.0513. The monoisotopic (exact) mass is 296 g/mol. The largest absolute Gasteiger partial charge is 0.386 e. The number of hydrogen-bond donors (Lipinski definition) is 1. The molecule has 3 unspecified atom stereocenters. The summed E-state index contributed by atoms with van der Waals surface area (Å²) in [4.78, 5) is 6.35. The van der Waals surface area contributed by atoms with Crippen LogP contribution in [-0.4, -0.2) is 48.3 Å². The molecule has 5 heteroatoms. The number of methoxy groups -OCH3 is 1. The van der Waals surface area contributed by atoms with Gasteiger partial charge in [0.1, 0.15) is 5.82 Å². The van der Waals surface area contributed by atoms with E-state index in [1.807, 2.05) is 6.92 Å². The second-order valence-corrected chi connectivity index (χ2v) is 6.05. The lowest BCUT2D eigenvalue weighted by atomic mass is 9.95. The number of halogens is 1. The van der Waals surface area contributed by atoms with E-state index in [-0.39, 0.29) is 11.7 Å². The van der Waals surface area contributed by atoms with Gasteiger partial charge in [-0.15, -0.1) is 0 Å². The number of likely N-dealkylation sites (tertiary alicyclic amines) is 1. The molecule has 4 nitrogen and oxygen atoms in total. The lowest BCUT2D eigenvalue weighted by Crippen LogP contribution is -2.40. The Labute approximate surface area is 125 Å². The van der Waals surface area contributed by atoms with E-state index in [1.54, 1.807) is 13.2 Å². The van der Waals surface area contributed by atoms with E-state index in [2.05, 4.69) is 9.88 Å². The van der Waals surface area contributed by atoms with E-state index in [0.29, 0.717) is 11.6 Å². The zero-order valence-corrected chi connectivity index (χ0v) is 12.8. The van der Waals surface area contributed by atoms with Gasteiger partial charge >= 0.3 is 0 Å². The Balaban J connectivity index is 1.88. The smallest absolute Gasteiger partial charge is 0.141 e. The number of aromatic nitrogens is 1. The number of hydrogen-bond acceptors (Lipinski definition) is 4. The van der Waals surface area contributed by atoms with Crippen molar-refractivity contribution in [2.45, 2.75) is 25.9 Å². The average molecular weight is 296 g/mol. The fourth-order valence-corrected chi connectivity index (χ4v) is 3.05. The van der Waals surface area contributed by atoms with Crippen LogP contribution >= 0.6 is 0 Å². The second kappa shape index (κ2) is 7.82. The zero-order chi connectivity index (χ0) is 15.2. The van der Waals surface area contributed by atoms with Crippen molar-refractivity contribution in [1.82, 2.24) is 9.88 Å². The van der Waals surface area contributed by atoms with E-state index < -0.39 is 6.10 Å². The molecule has 0 radical (unpaired) electrons. The molecule has 2 rings (SSSR count). The number of pyridine rings is 1. The zero-order valence-electron chi connectivity index (χ0n) is 12.8. The Morgan fingerprint density at radius 1 is 1.52 bits per heavy atom. The van der Waals surface area contributed by atoms with Crippen molar-refractivity contribution in [1.29, 1.82) is 0 Å². The van der Waals surface area contributed by atoms with Gasteiger partial charge in [0.15, 0.2) is 0 Å². The minimum absolute atomic E-state index is 0.0595. The van der Waals surface area contributed by atoms with E-state index in [4.69, 9.17) is 4.74 Å². The van der Waals surface area contributed by atoms with E-state index in [1.165, 1.54) is 18.9 Å². The molecule has 1 saturated heterocycles. The third-order valence-corrected chi connectivity index (χ3v) is 4.14. The Morgan fingerprint density at radius 2 is 2.33 bits per heavy atom. The minimum atomic E-state index is -0.659. The summed E-state index contributed by atoms with van der Waals surface area (Å²) in [6.07, 6.45) is 2.88. The molecule has 0 saturated carbocycles. The summed E-state index contributed by atoms with van der Waals surface area (Å²) in [6.45, 7) is 5.71. The van der Waals surface area contributed by atoms with Crippen LogP contribution in [0.25, 0.3) is 0 Å². The summed E-state index contributed by atoms with van der Waals surface area (Å²) in [7, 11) is 1.74. The number of aliphatic hydroxyl groups is 1. The molecule has 0 aliphatic carbocycles. The van der Waals surface area contributed by atoms with Gasteiger partial charge in [-0.25, -0.2) is 4.39 Å². The Kier molecular flexibility index (Phi) is 6.08. The van der Waals surface area contributed by atoms with Crippen molar-refractivity contribution in [2.24, 2.45) is 11.8 Å². The third kappa shape index (κ3) is 4.73. The van der Waals surface area contributed by atoms with E-state index in [0.717, 1.165) is 32.4 Å². The maximum Gasteiger partial charge on any atom is 0.141 e. The van der Waals surface area contributed by atoms with Gasteiger partial charge in [-0.05, 0) is 37.4 Å². The number of rotatable bonds is 6. The first-order valence-electron chi connectivity index (χ1n) is 7.61. The van der Waals surface area contributed by atoms with Crippen LogP contribution in [0.5, 0.6) is 0 Å². The Hall–Kier alpha value is -1.04. The van der Waals surface area contributed by atoms with Gasteiger partial charge < -0.3 is 14.7 Å². The molecule has 0 bridgehead atoms. The molecule has 1 aliphatic heterocycles. The van der Waals surface area contributed by atoms with Crippen LogP contribution in [0.3, 0.4) is 0 Å². The first-order chi connectivity index (χ1) is 10.1. The van der Waals surface area contributed by atoms with Gasteiger partial charge in [-0.3, -0.25) is 4.98 Å². The third-order valence-electron chi connectivity index (χ3n) is 4.14. The van der Waals surface area contributed by atoms with Crippen molar-refractivity contribution in [2.75, 3.05) is 33.4 Å². The SMILES string of the molecule is COCC1CCCN(CC(C)C(O)c2ccc(F)cn2)C1. The molecule has 0 spiro atoms. The molecule has 1 N–H and O–H groups in total. The van der Waals surface area contributed by atoms with Crippen molar-refractivity contribution in [3.05, 3.63) is 29.8 Å². The van der Waals surface area contributed by atoms with Crippen LogP contribution in [-0.2, 0) is 4.74 Å². The van der Waals surface area contributed by atoms with Crippen LogP contribution in [0.4, 0.5) is 4.39 Å². The summed E-state index contributed by atoms with van der Waals surface area (Å²) in [6, 6.07) is 2.90. The average Bonchev–Trinajstić information content (AvgIpc) is 2.48. The second-order valence-electron chi connectivity index (χ2n) is 6.05. The summed E-state index contributed by atoms with van der Waals surface area (Å²) < 4.78 is 18.1. The maximum absolute atomic E-state index is 12.9. The van der Waals surface area contributed by atoms with Crippen molar-refractivity contribution in [3.63, 3.8) is 0 Å². The molecular formula is C16H25FN2O2.